The van der Waals surface area contributed by atoms with Crippen molar-refractivity contribution in [3.8, 4) is 0 Å². The normalized spacial score (nSPS) is 25.5. The molecule has 0 saturated carbocycles. The summed E-state index contributed by atoms with van der Waals surface area (Å²) in [6, 6.07) is 0. The van der Waals surface area contributed by atoms with E-state index >= 15 is 0 Å². The number of ether oxygens (including phenoxy) is 1. The molecule has 6 heavy (non-hydrogen) atoms. The molecule has 0 aromatic rings. The lowest BCUT2D eigenvalue weighted by molar-refractivity contribution is 0.0367. The first-order valence-corrected chi connectivity index (χ1v) is 1.82. The van der Waals surface area contributed by atoms with Crippen molar-refractivity contribution in [2.24, 2.45) is 0 Å². The fraction of sp³-hybridized carbons (Fsp3) is 0.667. The Hall–Kier alpha value is -0.120. The van der Waals surface area contributed by atoms with Crippen LogP contribution in [0.5, 0.6) is 0 Å². The summed E-state index contributed by atoms with van der Waals surface area (Å²) in [5.41, 5.74) is 0. The maximum atomic E-state index is 8.31. The van der Waals surface area contributed by atoms with Crippen molar-refractivity contribution in [1.29, 1.82) is 0 Å². The van der Waals surface area contributed by atoms with Crippen molar-refractivity contribution < 1.29 is 9.84 Å². The van der Waals surface area contributed by atoms with Crippen molar-refractivity contribution in [2.75, 3.05) is 13.2 Å². The maximum Gasteiger partial charge on any atom is 0.298 e. The smallest absolute Gasteiger partial charge is 0.298 e. The van der Waals surface area contributed by atoms with Crippen LogP contribution in [0.3, 0.4) is 0 Å². The van der Waals surface area contributed by atoms with Crippen molar-refractivity contribution in [1.82, 2.24) is 5.32 Å². The summed E-state index contributed by atoms with van der Waals surface area (Å²) in [5.74, 6) is 0. The van der Waals surface area contributed by atoms with Gasteiger partial charge in [-0.3, -0.25) is 5.32 Å². The molecule has 1 aliphatic rings. The fourth-order valence-corrected chi connectivity index (χ4v) is 0.357. The predicted molar refractivity (Wildman–Crippen MR) is 19.1 cm³/mol. The highest BCUT2D eigenvalue weighted by Crippen LogP contribution is 1.95. The fourth-order valence-electron chi connectivity index (χ4n) is 0.357. The van der Waals surface area contributed by atoms with Gasteiger partial charge in [0.25, 0.3) is 6.41 Å². The van der Waals surface area contributed by atoms with Crippen LogP contribution in [0.15, 0.2) is 0 Å². The molecule has 1 rings (SSSR count). The molecule has 1 radical (unpaired) electrons. The summed E-state index contributed by atoms with van der Waals surface area (Å²) in [5, 5.41) is 10.9. The number of hydrogen-bond donors (Lipinski definition) is 2. The molecule has 0 aliphatic carbocycles. The lowest BCUT2D eigenvalue weighted by Crippen LogP contribution is -2.11. The Labute approximate surface area is 35.9 Å². The van der Waals surface area contributed by atoms with Crippen LogP contribution in [0.1, 0.15) is 0 Å². The Morgan fingerprint density at radius 1 is 1.83 bits per heavy atom. The second kappa shape index (κ2) is 1.55. The van der Waals surface area contributed by atoms with Gasteiger partial charge in [0.05, 0.1) is 6.61 Å². The Morgan fingerprint density at radius 3 is 2.83 bits per heavy atom. The summed E-state index contributed by atoms with van der Waals surface area (Å²) < 4.78 is 4.51. The van der Waals surface area contributed by atoms with Crippen LogP contribution >= 0.6 is 0 Å². The van der Waals surface area contributed by atoms with Gasteiger partial charge in [-0.2, -0.15) is 0 Å². The first kappa shape index (κ1) is 4.05. The summed E-state index contributed by atoms with van der Waals surface area (Å²) in [6.07, 6.45) is -0.0463. The predicted octanol–water partition coefficient (Wildman–Crippen LogP) is -0.574. The van der Waals surface area contributed by atoms with E-state index < -0.39 is 0 Å². The van der Waals surface area contributed by atoms with Crippen LogP contribution in [0, 0.1) is 6.41 Å². The zero-order valence-corrected chi connectivity index (χ0v) is 3.27. The van der Waals surface area contributed by atoms with E-state index in [0.717, 1.165) is 6.54 Å². The molecule has 3 heteroatoms. The number of hydrogen-bond acceptors (Lipinski definition) is 3. The van der Waals surface area contributed by atoms with Gasteiger partial charge in [0, 0.05) is 6.54 Å². The first-order chi connectivity index (χ1) is 2.89. The van der Waals surface area contributed by atoms with Crippen molar-refractivity contribution in [3.05, 3.63) is 6.41 Å². The Balaban J connectivity index is 2.18. The Bertz CT molecular complexity index is 42.1. The van der Waals surface area contributed by atoms with E-state index in [1.165, 1.54) is 0 Å². The van der Waals surface area contributed by atoms with E-state index in [1.54, 1.807) is 0 Å². The molecule has 1 heterocycles. The monoisotopic (exact) mass is 88.0 g/mol. The van der Waals surface area contributed by atoms with Crippen LogP contribution in [0.2, 0.25) is 0 Å². The Morgan fingerprint density at radius 2 is 2.67 bits per heavy atom. The molecule has 0 aromatic carbocycles. The van der Waals surface area contributed by atoms with Crippen LogP contribution in [0.25, 0.3) is 0 Å². The molecule has 1 fully saturated rings. The molecule has 0 aromatic heterocycles. The van der Waals surface area contributed by atoms with Gasteiger partial charge in [0.15, 0.2) is 0 Å². The molecule has 0 spiro atoms. The molecule has 0 atom stereocenters. The zero-order valence-electron chi connectivity index (χ0n) is 3.27. The van der Waals surface area contributed by atoms with Crippen LogP contribution in [0.4, 0.5) is 0 Å². The maximum absolute atomic E-state index is 8.31. The summed E-state index contributed by atoms with van der Waals surface area (Å²) in [7, 11) is 0. The highest BCUT2D eigenvalue weighted by molar-refractivity contribution is 4.64. The first-order valence-electron chi connectivity index (χ1n) is 1.82. The second-order valence-electron chi connectivity index (χ2n) is 1.08. The van der Waals surface area contributed by atoms with E-state index in [2.05, 4.69) is 10.1 Å². The van der Waals surface area contributed by atoms with Crippen LogP contribution in [-0.2, 0) is 4.74 Å². The third kappa shape index (κ3) is 0.680. The molecule has 1 aliphatic heterocycles. The third-order valence-corrected chi connectivity index (χ3v) is 0.617. The van der Waals surface area contributed by atoms with E-state index in [0.29, 0.717) is 6.61 Å². The van der Waals surface area contributed by atoms with E-state index in [-0.39, 0.29) is 6.41 Å². The minimum Gasteiger partial charge on any atom is -0.348 e. The summed E-state index contributed by atoms with van der Waals surface area (Å²) >= 11 is 0. The Kier molecular flexibility index (Phi) is 1.05. The summed E-state index contributed by atoms with van der Waals surface area (Å²) in [6.45, 7) is 1.32. The van der Waals surface area contributed by atoms with Crippen molar-refractivity contribution in [2.45, 2.75) is 0 Å². The minimum absolute atomic E-state index is 0.0463. The zero-order chi connectivity index (χ0) is 4.41. The van der Waals surface area contributed by atoms with Gasteiger partial charge in [-0.1, -0.05) is 0 Å². The molecule has 2 N–H and O–H groups in total. The van der Waals surface area contributed by atoms with Crippen LogP contribution in [-0.4, -0.2) is 18.3 Å². The second-order valence-corrected chi connectivity index (χ2v) is 1.08. The van der Waals surface area contributed by atoms with Crippen molar-refractivity contribution >= 4 is 0 Å². The number of aliphatic hydroxyl groups excluding tert-OH is 1. The topological polar surface area (TPSA) is 41.5 Å². The quantitative estimate of drug-likeness (QED) is 0.416. The van der Waals surface area contributed by atoms with E-state index in [4.69, 9.17) is 5.11 Å². The van der Waals surface area contributed by atoms with E-state index in [1.807, 2.05) is 0 Å². The lowest BCUT2D eigenvalue weighted by atomic mass is 10.7. The number of nitrogens with one attached hydrogen (secondary N) is 1. The summed E-state index contributed by atoms with van der Waals surface area (Å²) in [4.78, 5) is 0. The van der Waals surface area contributed by atoms with Gasteiger partial charge in [0.1, 0.15) is 0 Å². The SMILES string of the molecule is O[C]1NCCO1. The highest BCUT2D eigenvalue weighted by atomic mass is 16.6. The van der Waals surface area contributed by atoms with Gasteiger partial charge in [0.2, 0.25) is 0 Å². The molecule has 0 amide bonds. The minimum atomic E-state index is -0.0463. The molecule has 3 nitrogen and oxygen atoms in total. The van der Waals surface area contributed by atoms with Gasteiger partial charge in [-0.05, 0) is 0 Å². The highest BCUT2D eigenvalue weighted by Gasteiger charge is 2.10. The average molecular weight is 88.1 g/mol. The van der Waals surface area contributed by atoms with Crippen LogP contribution < -0.4 is 5.32 Å². The van der Waals surface area contributed by atoms with Gasteiger partial charge in [-0.15, -0.1) is 0 Å². The number of aliphatic hydroxyl groups is 1. The molecule has 0 bridgehead atoms. The van der Waals surface area contributed by atoms with Gasteiger partial charge < -0.3 is 9.84 Å². The van der Waals surface area contributed by atoms with Gasteiger partial charge >= 0.3 is 0 Å². The molecule has 1 saturated heterocycles. The standard InChI is InChI=1S/C3H6NO2/c5-3-4-1-2-6-3/h4-5H,1-2H2. The largest absolute Gasteiger partial charge is 0.348 e. The molecular formula is C3H6NO2. The molecule has 0 unspecified atom stereocenters. The number of rotatable bonds is 0. The van der Waals surface area contributed by atoms with Crippen molar-refractivity contribution in [3.63, 3.8) is 0 Å². The van der Waals surface area contributed by atoms with Gasteiger partial charge in [-0.25, -0.2) is 0 Å². The molecule has 35 valence electrons. The third-order valence-electron chi connectivity index (χ3n) is 0.617. The molecular weight excluding hydrogens is 82.0 g/mol. The lowest BCUT2D eigenvalue weighted by Gasteiger charge is -1.91. The van der Waals surface area contributed by atoms with E-state index in [9.17, 15) is 0 Å². The average Bonchev–Trinajstić information content (AvgIpc) is 1.86.